The van der Waals surface area contributed by atoms with Crippen molar-refractivity contribution in [1.82, 2.24) is 15.5 Å². The van der Waals surface area contributed by atoms with Crippen LogP contribution in [-0.2, 0) is 11.2 Å². The third-order valence-corrected chi connectivity index (χ3v) is 6.76. The van der Waals surface area contributed by atoms with Crippen LogP contribution in [-0.4, -0.2) is 49.7 Å². The molecule has 0 unspecified atom stereocenters. The molecule has 2 aliphatic rings. The summed E-state index contributed by atoms with van der Waals surface area (Å²) in [5, 5.41) is 5.90. The van der Waals surface area contributed by atoms with Crippen LogP contribution >= 0.6 is 0 Å². The molecular formula is C26H32FN3O4. The minimum Gasteiger partial charge on any atom is -0.493 e. The van der Waals surface area contributed by atoms with E-state index in [-0.39, 0.29) is 23.8 Å². The maximum absolute atomic E-state index is 13.7. The summed E-state index contributed by atoms with van der Waals surface area (Å²) in [6.07, 6.45) is 4.81. The van der Waals surface area contributed by atoms with Crippen molar-refractivity contribution >= 4 is 11.9 Å². The van der Waals surface area contributed by atoms with E-state index in [1.807, 2.05) is 12.1 Å². The van der Waals surface area contributed by atoms with E-state index in [1.54, 1.807) is 38.2 Å². The van der Waals surface area contributed by atoms with Crippen molar-refractivity contribution in [2.45, 2.75) is 57.2 Å². The largest absolute Gasteiger partial charge is 0.493 e. The van der Waals surface area contributed by atoms with Crippen molar-refractivity contribution in [3.05, 3.63) is 58.9 Å². The van der Waals surface area contributed by atoms with Gasteiger partial charge in [0.05, 0.1) is 20.3 Å². The number of hydrogen-bond donors (Lipinski definition) is 2. The van der Waals surface area contributed by atoms with Gasteiger partial charge in [-0.3, -0.25) is 4.79 Å². The van der Waals surface area contributed by atoms with Gasteiger partial charge in [0.1, 0.15) is 11.9 Å². The molecule has 1 aliphatic heterocycles. The van der Waals surface area contributed by atoms with E-state index in [1.165, 1.54) is 12.1 Å². The Balaban J connectivity index is 1.61. The summed E-state index contributed by atoms with van der Waals surface area (Å²) < 4.78 is 24.6. The quantitative estimate of drug-likeness (QED) is 0.672. The Hall–Kier alpha value is -3.29. The lowest BCUT2D eigenvalue weighted by molar-refractivity contribution is -0.123. The Morgan fingerprint density at radius 3 is 2.35 bits per heavy atom. The van der Waals surface area contributed by atoms with Gasteiger partial charge >= 0.3 is 6.03 Å². The number of ether oxygens (including phenoxy) is 2. The van der Waals surface area contributed by atoms with Crippen molar-refractivity contribution in [2.24, 2.45) is 0 Å². The molecule has 2 N–H and O–H groups in total. The van der Waals surface area contributed by atoms with Gasteiger partial charge in [0.25, 0.3) is 0 Å². The Morgan fingerprint density at radius 1 is 1.06 bits per heavy atom. The number of benzene rings is 2. The zero-order valence-electron chi connectivity index (χ0n) is 19.9. The molecule has 0 radical (unpaired) electrons. The lowest BCUT2D eigenvalue weighted by Gasteiger charge is -2.38. The fourth-order valence-corrected chi connectivity index (χ4v) is 4.90. The average molecular weight is 470 g/mol. The first-order chi connectivity index (χ1) is 16.4. The molecule has 0 saturated heterocycles. The summed E-state index contributed by atoms with van der Waals surface area (Å²) >= 11 is 0. The monoisotopic (exact) mass is 469 g/mol. The minimum absolute atomic E-state index is 0.178. The second kappa shape index (κ2) is 10.3. The van der Waals surface area contributed by atoms with E-state index in [4.69, 9.17) is 9.47 Å². The van der Waals surface area contributed by atoms with Crippen LogP contribution in [0.1, 0.15) is 55.3 Å². The molecule has 3 amide bonds. The summed E-state index contributed by atoms with van der Waals surface area (Å²) in [6.45, 7) is 2.13. The molecule has 1 fully saturated rings. The summed E-state index contributed by atoms with van der Waals surface area (Å²) in [6, 6.07) is 8.64. The Kier molecular flexibility index (Phi) is 7.24. The molecule has 1 saturated carbocycles. The van der Waals surface area contributed by atoms with Crippen LogP contribution in [0.4, 0.5) is 9.18 Å². The highest BCUT2D eigenvalue weighted by molar-refractivity contribution is 5.87. The van der Waals surface area contributed by atoms with Crippen molar-refractivity contribution in [3.8, 4) is 11.5 Å². The van der Waals surface area contributed by atoms with Gasteiger partial charge < -0.3 is 25.0 Å². The Morgan fingerprint density at radius 2 is 1.71 bits per heavy atom. The highest BCUT2D eigenvalue weighted by Gasteiger charge is 2.34. The number of rotatable bonds is 6. The van der Waals surface area contributed by atoms with Gasteiger partial charge in [-0.1, -0.05) is 25.0 Å². The van der Waals surface area contributed by atoms with Crippen LogP contribution < -0.4 is 20.1 Å². The van der Waals surface area contributed by atoms with Gasteiger partial charge in [-0.25, -0.2) is 9.18 Å². The molecule has 8 heteroatoms. The molecule has 34 heavy (non-hydrogen) atoms. The molecule has 2 aromatic rings. The zero-order valence-corrected chi connectivity index (χ0v) is 19.9. The summed E-state index contributed by atoms with van der Waals surface area (Å²) in [4.78, 5) is 27.7. The van der Waals surface area contributed by atoms with Crippen LogP contribution in [0.15, 0.2) is 36.4 Å². The summed E-state index contributed by atoms with van der Waals surface area (Å²) in [5.41, 5.74) is 2.68. The molecule has 7 nitrogen and oxygen atoms in total. The van der Waals surface area contributed by atoms with Gasteiger partial charge in [0.15, 0.2) is 11.5 Å². The molecule has 1 heterocycles. The number of carbonyl (C=O) groups is 2. The number of amides is 3. The lowest BCUT2D eigenvalue weighted by Crippen LogP contribution is -2.53. The van der Waals surface area contributed by atoms with Gasteiger partial charge in [0, 0.05) is 12.6 Å². The number of nitrogens with one attached hydrogen (secondary N) is 2. The first-order valence-corrected chi connectivity index (χ1v) is 11.8. The molecule has 2 atom stereocenters. The molecule has 1 aliphatic carbocycles. The minimum atomic E-state index is -0.672. The van der Waals surface area contributed by atoms with Crippen LogP contribution in [0, 0.1) is 5.82 Å². The highest BCUT2D eigenvalue weighted by Crippen LogP contribution is 2.41. The second-order valence-electron chi connectivity index (χ2n) is 8.96. The smallest absolute Gasteiger partial charge is 0.318 e. The summed E-state index contributed by atoms with van der Waals surface area (Å²) in [7, 11) is 3.15. The van der Waals surface area contributed by atoms with Crippen LogP contribution in [0.2, 0.25) is 0 Å². The third-order valence-electron chi connectivity index (χ3n) is 6.76. The average Bonchev–Trinajstić information content (AvgIpc) is 3.35. The molecule has 0 aromatic heterocycles. The van der Waals surface area contributed by atoms with Gasteiger partial charge in [-0.15, -0.1) is 0 Å². The third kappa shape index (κ3) is 4.95. The SMILES string of the molecule is COc1cc2c(cc1OC)[C@@H](c1ccc(F)cc1)N(C(=O)N[C@@H](C)C(=O)NC1CCCC1)CC2. The standard InChI is InChI=1S/C26H32FN3O4/c1-16(25(31)29-20-6-4-5-7-20)28-26(32)30-13-12-18-14-22(33-2)23(34-3)15-21(18)24(30)17-8-10-19(27)11-9-17/h8-11,14-16,20,24H,4-7,12-13H2,1-3H3,(H,28,32)(H,29,31)/t16-,24+/m0/s1. The topological polar surface area (TPSA) is 79.9 Å². The van der Waals surface area contributed by atoms with Crippen LogP contribution in [0.5, 0.6) is 11.5 Å². The number of hydrogen-bond acceptors (Lipinski definition) is 4. The van der Waals surface area contributed by atoms with E-state index in [9.17, 15) is 14.0 Å². The fourth-order valence-electron chi connectivity index (χ4n) is 4.90. The van der Waals surface area contributed by atoms with Crippen molar-refractivity contribution < 1.29 is 23.5 Å². The normalized spacial score (nSPS) is 18.7. The Labute approximate surface area is 199 Å². The maximum atomic E-state index is 13.7. The van der Waals surface area contributed by atoms with Crippen molar-refractivity contribution in [3.63, 3.8) is 0 Å². The van der Waals surface area contributed by atoms with Crippen LogP contribution in [0.3, 0.4) is 0 Å². The molecule has 0 spiro atoms. The highest BCUT2D eigenvalue weighted by atomic mass is 19.1. The van der Waals surface area contributed by atoms with E-state index >= 15 is 0 Å². The number of fused-ring (bicyclic) bond motifs is 1. The lowest BCUT2D eigenvalue weighted by atomic mass is 9.88. The molecular weight excluding hydrogens is 437 g/mol. The fraction of sp³-hybridized carbons (Fsp3) is 0.462. The molecule has 182 valence electrons. The van der Waals surface area contributed by atoms with Gasteiger partial charge in [-0.2, -0.15) is 0 Å². The maximum Gasteiger partial charge on any atom is 0.318 e. The zero-order chi connectivity index (χ0) is 24.2. The van der Waals surface area contributed by atoms with E-state index in [2.05, 4.69) is 10.6 Å². The second-order valence-corrected chi connectivity index (χ2v) is 8.96. The number of carbonyl (C=O) groups excluding carboxylic acids is 2. The number of methoxy groups -OCH3 is 2. The van der Waals surface area contributed by atoms with E-state index in [0.717, 1.165) is 42.4 Å². The van der Waals surface area contributed by atoms with Crippen molar-refractivity contribution in [2.75, 3.05) is 20.8 Å². The molecule has 2 aromatic carbocycles. The summed E-state index contributed by atoms with van der Waals surface area (Å²) in [5.74, 6) is 0.650. The van der Waals surface area contributed by atoms with Gasteiger partial charge in [-0.05, 0) is 67.1 Å². The van der Waals surface area contributed by atoms with E-state index < -0.39 is 12.1 Å². The Bertz CT molecular complexity index is 1040. The number of urea groups is 1. The van der Waals surface area contributed by atoms with E-state index in [0.29, 0.717) is 24.5 Å². The molecule has 0 bridgehead atoms. The van der Waals surface area contributed by atoms with Gasteiger partial charge in [0.2, 0.25) is 5.91 Å². The number of nitrogens with zero attached hydrogens (tertiary/aromatic N) is 1. The predicted octanol–water partition coefficient (Wildman–Crippen LogP) is 3.95. The van der Waals surface area contributed by atoms with Crippen LogP contribution in [0.25, 0.3) is 0 Å². The first-order valence-electron chi connectivity index (χ1n) is 11.8. The first kappa shape index (κ1) is 23.9. The predicted molar refractivity (Wildman–Crippen MR) is 127 cm³/mol. The number of halogens is 1. The van der Waals surface area contributed by atoms with Crippen molar-refractivity contribution in [1.29, 1.82) is 0 Å². The molecule has 4 rings (SSSR count).